The van der Waals surface area contributed by atoms with Crippen LogP contribution in [-0.4, -0.2) is 19.9 Å². The van der Waals surface area contributed by atoms with Crippen LogP contribution in [0.4, 0.5) is 0 Å². The summed E-state index contributed by atoms with van der Waals surface area (Å²) in [6, 6.07) is 48.9. The Balaban J connectivity index is 0.000000140. The van der Waals surface area contributed by atoms with E-state index in [1.165, 1.54) is 48.7 Å². The zero-order chi connectivity index (χ0) is 37.1. The lowest BCUT2D eigenvalue weighted by atomic mass is 9.87. The number of hydrogen-bond donors (Lipinski definition) is 2. The van der Waals surface area contributed by atoms with E-state index in [4.69, 9.17) is 4.74 Å². The van der Waals surface area contributed by atoms with Crippen LogP contribution in [-0.2, 0) is 5.41 Å². The monoisotopic (exact) mass is 710 g/mol. The smallest absolute Gasteiger partial charge is 0.135 e. The van der Waals surface area contributed by atoms with Crippen molar-refractivity contribution in [3.05, 3.63) is 168 Å². The molecule has 3 aromatic heterocycles. The fraction of sp³-hybridized carbons (Fsp3) is 0.0800. The van der Waals surface area contributed by atoms with E-state index in [2.05, 4.69) is 162 Å². The second kappa shape index (κ2) is 12.9. The highest BCUT2D eigenvalue weighted by Gasteiger charge is 2.17. The first kappa shape index (κ1) is 32.7. The van der Waals surface area contributed by atoms with Gasteiger partial charge in [-0.05, 0) is 134 Å². The Morgan fingerprint density at radius 1 is 0.436 bits per heavy atom. The highest BCUT2D eigenvalue weighted by Crippen LogP contribution is 2.45. The lowest BCUT2D eigenvalue weighted by Crippen LogP contribution is -2.10. The lowest BCUT2D eigenvalue weighted by Gasteiger charge is -2.20. The molecule has 0 atom stereocenters. The Kier molecular flexibility index (Phi) is 7.63. The molecule has 264 valence electrons. The average Bonchev–Trinajstić information content (AvgIpc) is 4.02. The number of aromatic nitrogens is 4. The Morgan fingerprint density at radius 2 is 0.927 bits per heavy atom. The summed E-state index contributed by atoms with van der Waals surface area (Å²) in [4.78, 5) is 16.0. The minimum absolute atomic E-state index is 0.127. The molecule has 5 heteroatoms. The van der Waals surface area contributed by atoms with Crippen molar-refractivity contribution in [2.45, 2.75) is 26.2 Å². The van der Waals surface area contributed by atoms with Crippen LogP contribution in [0, 0.1) is 0 Å². The van der Waals surface area contributed by atoms with Gasteiger partial charge in [0.1, 0.15) is 11.5 Å². The van der Waals surface area contributed by atoms with Crippen LogP contribution in [0.1, 0.15) is 49.1 Å². The van der Waals surface area contributed by atoms with Gasteiger partial charge in [0.15, 0.2) is 0 Å². The number of hydrogen-bond acceptors (Lipinski definition) is 3. The van der Waals surface area contributed by atoms with Gasteiger partial charge in [-0.15, -0.1) is 0 Å². The van der Waals surface area contributed by atoms with Gasteiger partial charge in [0.25, 0.3) is 0 Å². The standard InChI is InChI=1S/C30H24O.C20H14N4/c1-30(2,3)21-14-16-22(17-15-21)31-26-18-13-20-9-5-11-24-23-10-4-7-19-8-6-12-25(27(19)23)29(26)28(20)24;1-2-14-10-16-5-6-18(23-16)12-20-8-7-19(24-20)11-17-4-3-15(22-17)9-13(1)21-14/h4-18H,1-3H3;1-12,21-22H. The quantitative estimate of drug-likeness (QED) is 0.139. The molecule has 0 amide bonds. The van der Waals surface area contributed by atoms with Crippen LogP contribution in [0.3, 0.4) is 0 Å². The number of nitrogens with one attached hydrogen (secondary N) is 2. The van der Waals surface area contributed by atoms with E-state index in [0.717, 1.165) is 56.3 Å². The number of ether oxygens (including phenoxy) is 1. The molecule has 5 nitrogen and oxygen atoms in total. The summed E-state index contributed by atoms with van der Waals surface area (Å²) in [5.41, 5.74) is 9.29. The third kappa shape index (κ3) is 6.20. The van der Waals surface area contributed by atoms with Crippen molar-refractivity contribution in [1.29, 1.82) is 0 Å². The highest BCUT2D eigenvalue weighted by atomic mass is 16.5. The predicted molar refractivity (Wildman–Crippen MR) is 232 cm³/mol. The van der Waals surface area contributed by atoms with Gasteiger partial charge in [0.2, 0.25) is 0 Å². The number of benzene rings is 6. The summed E-state index contributed by atoms with van der Waals surface area (Å²) >= 11 is 0. The fourth-order valence-electron chi connectivity index (χ4n) is 7.80. The first-order valence-electron chi connectivity index (χ1n) is 18.7. The third-order valence-electron chi connectivity index (χ3n) is 10.5. The van der Waals surface area contributed by atoms with Gasteiger partial charge in [-0.25, -0.2) is 9.97 Å². The van der Waals surface area contributed by atoms with Crippen molar-refractivity contribution < 1.29 is 4.74 Å². The first-order valence-corrected chi connectivity index (χ1v) is 18.7. The topological polar surface area (TPSA) is 66.6 Å². The van der Waals surface area contributed by atoms with Gasteiger partial charge in [-0.3, -0.25) is 0 Å². The van der Waals surface area contributed by atoms with E-state index in [1.54, 1.807) is 0 Å². The summed E-state index contributed by atoms with van der Waals surface area (Å²) in [6.45, 7) is 6.70. The Labute approximate surface area is 318 Å². The van der Waals surface area contributed by atoms with E-state index in [1.807, 2.05) is 42.5 Å². The molecule has 0 spiro atoms. The maximum atomic E-state index is 6.51. The van der Waals surface area contributed by atoms with Crippen molar-refractivity contribution in [2.24, 2.45) is 0 Å². The molecule has 2 N–H and O–H groups in total. The van der Waals surface area contributed by atoms with Crippen LogP contribution in [0.25, 0.3) is 89.5 Å². The average molecular weight is 711 g/mol. The minimum atomic E-state index is 0.127. The molecule has 0 aliphatic carbocycles. The lowest BCUT2D eigenvalue weighted by molar-refractivity contribution is 0.487. The SMILES string of the molecule is C1=Cc2cc3ccc(cc4ccc(cc5nc(cc1n2)C=C5)[nH]4)[nH]3.CC(C)(C)c1ccc(Oc2ccc3cccc4c5cccc6cccc(c2c34)c65)cc1. The second-order valence-electron chi connectivity index (χ2n) is 15.3. The number of nitrogens with zero attached hydrogens (tertiary/aromatic N) is 2. The molecule has 0 radical (unpaired) electrons. The van der Waals surface area contributed by atoms with Gasteiger partial charge in [0, 0.05) is 32.8 Å². The molecular weight excluding hydrogens is 673 g/mol. The van der Waals surface area contributed by atoms with Crippen LogP contribution in [0.15, 0.2) is 140 Å². The maximum Gasteiger partial charge on any atom is 0.135 e. The number of aromatic amines is 2. The maximum absolute atomic E-state index is 6.51. The summed E-state index contributed by atoms with van der Waals surface area (Å²) in [5, 5.41) is 10.1. The Hall–Kier alpha value is -6.98. The highest BCUT2D eigenvalue weighted by molar-refractivity contribution is 6.34. The minimum Gasteiger partial charge on any atom is -0.457 e. The van der Waals surface area contributed by atoms with Gasteiger partial charge in [0.05, 0.1) is 22.8 Å². The molecule has 8 bridgehead atoms. The molecule has 0 unspecified atom stereocenters. The molecule has 11 rings (SSSR count). The molecule has 0 saturated heterocycles. The van der Waals surface area contributed by atoms with E-state index in [-0.39, 0.29) is 5.41 Å². The molecule has 2 aliphatic rings. The second-order valence-corrected chi connectivity index (χ2v) is 15.3. The molecule has 5 heterocycles. The molecule has 2 aliphatic heterocycles. The summed E-state index contributed by atoms with van der Waals surface area (Å²) in [7, 11) is 0. The van der Waals surface area contributed by atoms with Crippen LogP contribution in [0.2, 0.25) is 0 Å². The largest absolute Gasteiger partial charge is 0.457 e. The van der Waals surface area contributed by atoms with Gasteiger partial charge < -0.3 is 14.7 Å². The van der Waals surface area contributed by atoms with Crippen molar-refractivity contribution >= 4 is 89.5 Å². The Bertz CT molecular complexity index is 3060. The number of fused-ring (bicyclic) bond motifs is 10. The Morgan fingerprint density at radius 3 is 1.49 bits per heavy atom. The zero-order valence-corrected chi connectivity index (χ0v) is 30.9. The van der Waals surface area contributed by atoms with Crippen LogP contribution < -0.4 is 4.74 Å². The van der Waals surface area contributed by atoms with Gasteiger partial charge in [-0.1, -0.05) is 93.6 Å². The van der Waals surface area contributed by atoms with E-state index >= 15 is 0 Å². The normalized spacial score (nSPS) is 12.5. The van der Waals surface area contributed by atoms with Crippen molar-refractivity contribution in [3.63, 3.8) is 0 Å². The van der Waals surface area contributed by atoms with Gasteiger partial charge >= 0.3 is 0 Å². The van der Waals surface area contributed by atoms with E-state index in [9.17, 15) is 0 Å². The van der Waals surface area contributed by atoms with Crippen LogP contribution >= 0.6 is 0 Å². The van der Waals surface area contributed by atoms with Crippen molar-refractivity contribution in [1.82, 2.24) is 19.9 Å². The fourth-order valence-corrected chi connectivity index (χ4v) is 7.80. The summed E-state index contributed by atoms with van der Waals surface area (Å²) < 4.78 is 6.51. The molecule has 0 fully saturated rings. The number of H-pyrrole nitrogens is 2. The zero-order valence-electron chi connectivity index (χ0n) is 30.9. The molecule has 55 heavy (non-hydrogen) atoms. The van der Waals surface area contributed by atoms with E-state index in [0.29, 0.717) is 0 Å². The molecular formula is C50H38N4O. The van der Waals surface area contributed by atoms with Crippen LogP contribution in [0.5, 0.6) is 11.5 Å². The van der Waals surface area contributed by atoms with Gasteiger partial charge in [-0.2, -0.15) is 0 Å². The van der Waals surface area contributed by atoms with Crippen molar-refractivity contribution in [2.75, 3.05) is 0 Å². The summed E-state index contributed by atoms with van der Waals surface area (Å²) in [6.07, 6.45) is 8.05. The third-order valence-corrected chi connectivity index (χ3v) is 10.5. The predicted octanol–water partition coefficient (Wildman–Crippen LogP) is 13.5. The summed E-state index contributed by atoms with van der Waals surface area (Å²) in [5.74, 6) is 1.78. The molecule has 0 saturated carbocycles. The van der Waals surface area contributed by atoms with E-state index < -0.39 is 0 Å². The molecule has 9 aromatic rings. The van der Waals surface area contributed by atoms with Crippen molar-refractivity contribution in [3.8, 4) is 11.5 Å². The first-order chi connectivity index (χ1) is 26.8. The molecule has 6 aromatic carbocycles. The number of rotatable bonds is 2.